The van der Waals surface area contributed by atoms with E-state index in [1.54, 1.807) is 6.20 Å². The van der Waals surface area contributed by atoms with Crippen LogP contribution in [0.25, 0.3) is 10.9 Å². The Morgan fingerprint density at radius 1 is 1.04 bits per heavy atom. The summed E-state index contributed by atoms with van der Waals surface area (Å²) in [7, 11) is 0. The Labute approximate surface area is 143 Å². The van der Waals surface area contributed by atoms with Gasteiger partial charge in [-0.05, 0) is 79.9 Å². The maximum Gasteiger partial charge on any atom is 0.187 e. The Hall–Kier alpha value is -1.96. The standard InChI is InChI=1S/C22H23NO/c24-21(19-10-18-3-1-2-4-20(18)23-14-19)5-6-22-11-15-7-16(12-22)9-17(8-15)13-22/h1-6,10,14-17H,7-9,11-13H2. The van der Waals surface area contributed by atoms with Crippen molar-refractivity contribution in [2.24, 2.45) is 23.2 Å². The van der Waals surface area contributed by atoms with Gasteiger partial charge in [0, 0.05) is 17.1 Å². The van der Waals surface area contributed by atoms with Gasteiger partial charge < -0.3 is 0 Å². The van der Waals surface area contributed by atoms with E-state index in [0.717, 1.165) is 28.7 Å². The van der Waals surface area contributed by atoms with Gasteiger partial charge in [0.25, 0.3) is 0 Å². The predicted octanol–water partition coefficient (Wildman–Crippen LogP) is 5.19. The molecular weight excluding hydrogens is 294 g/mol. The maximum absolute atomic E-state index is 12.7. The first-order chi connectivity index (χ1) is 11.7. The Morgan fingerprint density at radius 2 is 1.71 bits per heavy atom. The Balaban J connectivity index is 1.40. The molecule has 4 aliphatic rings. The van der Waals surface area contributed by atoms with Crippen LogP contribution < -0.4 is 0 Å². The number of ketones is 1. The SMILES string of the molecule is O=C(C=CC12CC3CC(CC(C3)C1)C2)c1cnc2ccccc2c1. The Kier molecular flexibility index (Phi) is 3.16. The van der Waals surface area contributed by atoms with Crippen LogP contribution in [0.1, 0.15) is 48.9 Å². The summed E-state index contributed by atoms with van der Waals surface area (Å²) < 4.78 is 0. The molecule has 0 radical (unpaired) electrons. The number of fused-ring (bicyclic) bond motifs is 1. The lowest BCUT2D eigenvalue weighted by Crippen LogP contribution is -2.45. The molecule has 0 spiro atoms. The van der Waals surface area contributed by atoms with Crippen molar-refractivity contribution < 1.29 is 4.79 Å². The minimum absolute atomic E-state index is 0.101. The van der Waals surface area contributed by atoms with Gasteiger partial charge >= 0.3 is 0 Å². The summed E-state index contributed by atoms with van der Waals surface area (Å²) >= 11 is 0. The van der Waals surface area contributed by atoms with Crippen molar-refractivity contribution in [3.8, 4) is 0 Å². The quantitative estimate of drug-likeness (QED) is 0.576. The minimum Gasteiger partial charge on any atom is -0.289 e. The summed E-state index contributed by atoms with van der Waals surface area (Å²) in [6.07, 6.45) is 14.1. The number of hydrogen-bond acceptors (Lipinski definition) is 2. The van der Waals surface area contributed by atoms with E-state index in [2.05, 4.69) is 11.1 Å². The zero-order valence-corrected chi connectivity index (χ0v) is 13.9. The van der Waals surface area contributed by atoms with Crippen molar-refractivity contribution in [2.75, 3.05) is 0 Å². The third kappa shape index (κ3) is 2.40. The number of rotatable bonds is 3. The van der Waals surface area contributed by atoms with Crippen molar-refractivity contribution in [3.05, 3.63) is 54.2 Å². The molecule has 2 nitrogen and oxygen atoms in total. The molecule has 24 heavy (non-hydrogen) atoms. The molecule has 0 unspecified atom stereocenters. The zero-order chi connectivity index (χ0) is 16.1. The fraction of sp³-hybridized carbons (Fsp3) is 0.455. The number of allylic oxidation sites excluding steroid dienone is 2. The summed E-state index contributed by atoms with van der Waals surface area (Å²) in [5.74, 6) is 2.85. The number of aromatic nitrogens is 1. The van der Waals surface area contributed by atoms with Crippen molar-refractivity contribution in [3.63, 3.8) is 0 Å². The van der Waals surface area contributed by atoms with E-state index < -0.39 is 0 Å². The average molecular weight is 317 g/mol. The molecule has 0 aliphatic heterocycles. The Bertz CT molecular complexity index is 799. The van der Waals surface area contributed by atoms with Crippen molar-refractivity contribution in [2.45, 2.75) is 38.5 Å². The molecule has 4 fully saturated rings. The molecule has 0 saturated heterocycles. The maximum atomic E-state index is 12.7. The van der Waals surface area contributed by atoms with E-state index in [4.69, 9.17) is 0 Å². The van der Waals surface area contributed by atoms with Crippen LogP contribution in [0.5, 0.6) is 0 Å². The molecule has 0 amide bonds. The largest absolute Gasteiger partial charge is 0.289 e. The van der Waals surface area contributed by atoms with E-state index >= 15 is 0 Å². The third-order valence-electron chi connectivity index (χ3n) is 6.55. The monoisotopic (exact) mass is 317 g/mol. The van der Waals surface area contributed by atoms with E-state index in [9.17, 15) is 4.79 Å². The third-order valence-corrected chi connectivity index (χ3v) is 6.55. The Morgan fingerprint density at radius 3 is 2.42 bits per heavy atom. The lowest BCUT2D eigenvalue weighted by atomic mass is 9.49. The molecular formula is C22H23NO. The number of nitrogens with zero attached hydrogens (tertiary/aromatic N) is 1. The highest BCUT2D eigenvalue weighted by Crippen LogP contribution is 2.60. The lowest BCUT2D eigenvalue weighted by molar-refractivity contribution is -0.0238. The molecule has 2 heteroatoms. The zero-order valence-electron chi connectivity index (χ0n) is 13.9. The van der Waals surface area contributed by atoms with Gasteiger partial charge in [-0.15, -0.1) is 0 Å². The van der Waals surface area contributed by atoms with Crippen molar-refractivity contribution in [1.29, 1.82) is 0 Å². The summed E-state index contributed by atoms with van der Waals surface area (Å²) in [6, 6.07) is 9.93. The molecule has 122 valence electrons. The van der Waals surface area contributed by atoms with Crippen LogP contribution in [-0.4, -0.2) is 10.8 Å². The number of para-hydroxylation sites is 1. The van der Waals surface area contributed by atoms with Crippen LogP contribution >= 0.6 is 0 Å². The van der Waals surface area contributed by atoms with Gasteiger partial charge in [0.15, 0.2) is 5.78 Å². The number of hydrogen-bond donors (Lipinski definition) is 0. The fourth-order valence-corrected chi connectivity index (χ4v) is 5.94. The van der Waals surface area contributed by atoms with Crippen LogP contribution in [0.15, 0.2) is 48.7 Å². The summed E-state index contributed by atoms with van der Waals surface area (Å²) in [5, 5.41) is 1.03. The average Bonchev–Trinajstić information content (AvgIpc) is 2.58. The molecule has 1 aromatic carbocycles. The molecule has 6 rings (SSSR count). The molecule has 4 bridgehead atoms. The lowest BCUT2D eigenvalue weighted by Gasteiger charge is -2.55. The first-order valence-electron chi connectivity index (χ1n) is 9.27. The minimum atomic E-state index is 0.101. The van der Waals surface area contributed by atoms with E-state index in [-0.39, 0.29) is 5.78 Å². The topological polar surface area (TPSA) is 30.0 Å². The van der Waals surface area contributed by atoms with Crippen LogP contribution in [-0.2, 0) is 0 Å². The van der Waals surface area contributed by atoms with Crippen molar-refractivity contribution in [1.82, 2.24) is 4.98 Å². The van der Waals surface area contributed by atoms with E-state index in [1.165, 1.54) is 38.5 Å². The fourth-order valence-electron chi connectivity index (χ4n) is 5.94. The number of carbonyl (C=O) groups excluding carboxylic acids is 1. The van der Waals surface area contributed by atoms with Crippen molar-refractivity contribution >= 4 is 16.7 Å². The molecule has 0 atom stereocenters. The van der Waals surface area contributed by atoms with Gasteiger partial charge in [-0.25, -0.2) is 0 Å². The normalized spacial score (nSPS) is 34.2. The van der Waals surface area contributed by atoms with Gasteiger partial charge in [0.1, 0.15) is 0 Å². The van der Waals surface area contributed by atoms with Crippen LogP contribution in [0.2, 0.25) is 0 Å². The smallest absolute Gasteiger partial charge is 0.187 e. The first-order valence-corrected chi connectivity index (χ1v) is 9.27. The molecule has 4 saturated carbocycles. The molecule has 2 aromatic rings. The second kappa shape index (κ2) is 5.27. The highest BCUT2D eigenvalue weighted by Gasteiger charge is 2.49. The first kappa shape index (κ1) is 14.4. The van der Waals surface area contributed by atoms with Gasteiger partial charge in [0.05, 0.1) is 5.52 Å². The summed E-state index contributed by atoms with van der Waals surface area (Å²) in [5.41, 5.74) is 1.96. The number of carbonyl (C=O) groups is 1. The van der Waals surface area contributed by atoms with Gasteiger partial charge in [-0.3, -0.25) is 9.78 Å². The molecule has 0 N–H and O–H groups in total. The number of pyridine rings is 1. The summed E-state index contributed by atoms with van der Waals surface area (Å²) in [4.78, 5) is 17.1. The van der Waals surface area contributed by atoms with Crippen LogP contribution in [0.4, 0.5) is 0 Å². The second-order valence-corrected chi connectivity index (χ2v) is 8.39. The van der Waals surface area contributed by atoms with Gasteiger partial charge in [0.2, 0.25) is 0 Å². The second-order valence-electron chi connectivity index (χ2n) is 8.39. The molecule has 1 heterocycles. The van der Waals surface area contributed by atoms with E-state index in [1.807, 2.05) is 36.4 Å². The highest BCUT2D eigenvalue weighted by atomic mass is 16.1. The summed E-state index contributed by atoms with van der Waals surface area (Å²) in [6.45, 7) is 0. The predicted molar refractivity (Wildman–Crippen MR) is 95.8 cm³/mol. The van der Waals surface area contributed by atoms with Crippen LogP contribution in [0, 0.1) is 23.2 Å². The molecule has 4 aliphatic carbocycles. The van der Waals surface area contributed by atoms with Gasteiger partial charge in [-0.1, -0.05) is 24.3 Å². The van der Waals surface area contributed by atoms with Gasteiger partial charge in [-0.2, -0.15) is 0 Å². The molecule has 1 aromatic heterocycles. The van der Waals surface area contributed by atoms with E-state index in [0.29, 0.717) is 11.0 Å². The highest BCUT2D eigenvalue weighted by molar-refractivity contribution is 6.06. The number of benzene rings is 1. The van der Waals surface area contributed by atoms with Crippen LogP contribution in [0.3, 0.4) is 0 Å².